The predicted octanol–water partition coefficient (Wildman–Crippen LogP) is 3.73. The third-order valence-electron chi connectivity index (χ3n) is 5.54. The van der Waals surface area contributed by atoms with Gasteiger partial charge in [0.2, 0.25) is 0 Å². The second-order valence-electron chi connectivity index (χ2n) is 8.39. The summed E-state index contributed by atoms with van der Waals surface area (Å²) in [5.74, 6) is 0.475. The standard InChI is InChI=1S/C23H29N3O4S/c1-15-5-6-22(29-4)21(9-15)25-31(27,28)20-10-18-7-8-30-23(18)19(11-20)14-26-12-16(2)24-17(3)13-26/h5-11,16-17,24-25H,12-14H2,1-4H3. The molecule has 1 fully saturated rings. The smallest absolute Gasteiger partial charge is 0.262 e. The van der Waals surface area contributed by atoms with Gasteiger partial charge in [-0.05, 0) is 56.7 Å². The highest BCUT2D eigenvalue weighted by Gasteiger charge is 2.24. The molecule has 2 atom stereocenters. The summed E-state index contributed by atoms with van der Waals surface area (Å²) in [5.41, 5.74) is 2.94. The van der Waals surface area contributed by atoms with Gasteiger partial charge in [0.1, 0.15) is 11.3 Å². The number of fused-ring (bicyclic) bond motifs is 1. The lowest BCUT2D eigenvalue weighted by Gasteiger charge is -2.36. The van der Waals surface area contributed by atoms with Crippen molar-refractivity contribution in [3.63, 3.8) is 0 Å². The molecule has 7 nitrogen and oxygen atoms in total. The van der Waals surface area contributed by atoms with Gasteiger partial charge in [-0.3, -0.25) is 9.62 Å². The van der Waals surface area contributed by atoms with Gasteiger partial charge < -0.3 is 14.5 Å². The number of aryl methyl sites for hydroxylation is 1. The minimum Gasteiger partial charge on any atom is -0.495 e. The maximum Gasteiger partial charge on any atom is 0.262 e. The highest BCUT2D eigenvalue weighted by atomic mass is 32.2. The number of furan rings is 1. The molecule has 2 aromatic carbocycles. The number of sulfonamides is 1. The van der Waals surface area contributed by atoms with Gasteiger partial charge in [0, 0.05) is 42.7 Å². The van der Waals surface area contributed by atoms with E-state index in [1.54, 1.807) is 36.6 Å². The van der Waals surface area contributed by atoms with Crippen molar-refractivity contribution < 1.29 is 17.6 Å². The van der Waals surface area contributed by atoms with Crippen molar-refractivity contribution in [2.24, 2.45) is 0 Å². The molecule has 3 aromatic rings. The van der Waals surface area contributed by atoms with Gasteiger partial charge in [-0.25, -0.2) is 8.42 Å². The minimum absolute atomic E-state index is 0.205. The Hall–Kier alpha value is -2.55. The van der Waals surface area contributed by atoms with Crippen LogP contribution in [0.3, 0.4) is 0 Å². The molecule has 4 rings (SSSR count). The maximum absolute atomic E-state index is 13.3. The Labute approximate surface area is 183 Å². The molecule has 1 aliphatic heterocycles. The molecule has 8 heteroatoms. The Balaban J connectivity index is 1.69. The lowest BCUT2D eigenvalue weighted by Crippen LogP contribution is -2.53. The van der Waals surface area contributed by atoms with Crippen LogP contribution in [0.15, 0.2) is 52.0 Å². The van der Waals surface area contributed by atoms with E-state index in [0.717, 1.165) is 35.2 Å². The lowest BCUT2D eigenvalue weighted by molar-refractivity contribution is 0.166. The monoisotopic (exact) mass is 443 g/mol. The maximum atomic E-state index is 13.3. The molecule has 0 amide bonds. The van der Waals surface area contributed by atoms with E-state index in [-0.39, 0.29) is 4.90 Å². The van der Waals surface area contributed by atoms with Crippen LogP contribution in [-0.4, -0.2) is 45.6 Å². The van der Waals surface area contributed by atoms with Crippen LogP contribution in [0.2, 0.25) is 0 Å². The van der Waals surface area contributed by atoms with Crippen molar-refractivity contribution >= 4 is 26.7 Å². The first-order valence-corrected chi connectivity index (χ1v) is 11.9. The average molecular weight is 444 g/mol. The number of anilines is 1. The minimum atomic E-state index is -3.82. The summed E-state index contributed by atoms with van der Waals surface area (Å²) >= 11 is 0. The van der Waals surface area contributed by atoms with Crippen LogP contribution in [0, 0.1) is 6.92 Å². The van der Waals surface area contributed by atoms with E-state index in [0.29, 0.717) is 30.1 Å². The number of hydrogen-bond donors (Lipinski definition) is 2. The summed E-state index contributed by atoms with van der Waals surface area (Å²) in [4.78, 5) is 2.53. The molecular weight excluding hydrogens is 414 g/mol. The van der Waals surface area contributed by atoms with Gasteiger partial charge in [0.05, 0.1) is 24.0 Å². The first-order valence-electron chi connectivity index (χ1n) is 10.4. The molecule has 2 heterocycles. The first kappa shape index (κ1) is 21.7. The summed E-state index contributed by atoms with van der Waals surface area (Å²) in [6.07, 6.45) is 1.60. The van der Waals surface area contributed by atoms with E-state index in [2.05, 4.69) is 28.8 Å². The number of ether oxygens (including phenoxy) is 1. The van der Waals surface area contributed by atoms with Crippen LogP contribution in [0.4, 0.5) is 5.69 Å². The van der Waals surface area contributed by atoms with Crippen molar-refractivity contribution in [1.29, 1.82) is 0 Å². The molecular formula is C23H29N3O4S. The van der Waals surface area contributed by atoms with Gasteiger partial charge in [-0.1, -0.05) is 6.07 Å². The van der Waals surface area contributed by atoms with Gasteiger partial charge >= 0.3 is 0 Å². The highest BCUT2D eigenvalue weighted by Crippen LogP contribution is 2.31. The van der Waals surface area contributed by atoms with Crippen LogP contribution in [0.5, 0.6) is 5.75 Å². The third kappa shape index (κ3) is 4.71. The predicted molar refractivity (Wildman–Crippen MR) is 122 cm³/mol. The van der Waals surface area contributed by atoms with Crippen molar-refractivity contribution in [2.45, 2.75) is 44.3 Å². The fraction of sp³-hybridized carbons (Fsp3) is 0.391. The number of rotatable bonds is 6. The molecule has 1 aliphatic rings. The van der Waals surface area contributed by atoms with Gasteiger partial charge in [-0.2, -0.15) is 0 Å². The molecule has 31 heavy (non-hydrogen) atoms. The molecule has 1 aromatic heterocycles. The third-order valence-corrected chi connectivity index (χ3v) is 6.88. The Bertz CT molecular complexity index is 1180. The average Bonchev–Trinajstić information content (AvgIpc) is 3.16. The Morgan fingerprint density at radius 3 is 2.61 bits per heavy atom. The van der Waals surface area contributed by atoms with E-state index in [1.165, 1.54) is 7.11 Å². The normalized spacial score (nSPS) is 20.1. The van der Waals surface area contributed by atoms with Gasteiger partial charge in [-0.15, -0.1) is 0 Å². The zero-order chi connectivity index (χ0) is 22.2. The molecule has 0 radical (unpaired) electrons. The van der Waals surface area contributed by atoms with Crippen LogP contribution in [0.1, 0.15) is 25.0 Å². The zero-order valence-corrected chi connectivity index (χ0v) is 19.1. The zero-order valence-electron chi connectivity index (χ0n) is 18.3. The molecule has 166 valence electrons. The van der Waals surface area contributed by atoms with Crippen molar-refractivity contribution in [3.05, 3.63) is 53.8 Å². The van der Waals surface area contributed by atoms with E-state index >= 15 is 0 Å². The number of nitrogens with one attached hydrogen (secondary N) is 2. The Morgan fingerprint density at radius 1 is 1.16 bits per heavy atom. The number of benzene rings is 2. The molecule has 0 bridgehead atoms. The molecule has 0 spiro atoms. The summed E-state index contributed by atoms with van der Waals surface area (Å²) in [7, 11) is -2.30. The van der Waals surface area contributed by atoms with Crippen molar-refractivity contribution in [3.8, 4) is 5.75 Å². The van der Waals surface area contributed by atoms with Gasteiger partial charge in [0.15, 0.2) is 0 Å². The second kappa shape index (κ2) is 8.53. The lowest BCUT2D eigenvalue weighted by atomic mass is 10.1. The topological polar surface area (TPSA) is 83.8 Å². The first-order chi connectivity index (χ1) is 14.7. The van der Waals surface area contributed by atoms with Crippen molar-refractivity contribution in [1.82, 2.24) is 10.2 Å². The van der Waals surface area contributed by atoms with Crippen molar-refractivity contribution in [2.75, 3.05) is 24.9 Å². The SMILES string of the molecule is COc1ccc(C)cc1NS(=O)(=O)c1cc(CN2CC(C)NC(C)C2)c2occc2c1. The quantitative estimate of drug-likeness (QED) is 0.604. The van der Waals surface area contributed by atoms with Crippen LogP contribution in [-0.2, 0) is 16.6 Å². The fourth-order valence-electron chi connectivity index (χ4n) is 4.31. The van der Waals surface area contributed by atoms with E-state index in [9.17, 15) is 8.42 Å². The second-order valence-corrected chi connectivity index (χ2v) is 10.1. The number of piperazine rings is 1. The summed E-state index contributed by atoms with van der Waals surface area (Å²) in [6, 6.07) is 11.3. The van der Waals surface area contributed by atoms with E-state index in [1.807, 2.05) is 13.0 Å². The summed E-state index contributed by atoms with van der Waals surface area (Å²) in [6.45, 7) is 8.63. The molecule has 1 saturated heterocycles. The van der Waals surface area contributed by atoms with Crippen LogP contribution in [0.25, 0.3) is 11.0 Å². The Kier molecular flexibility index (Phi) is 5.96. The summed E-state index contributed by atoms with van der Waals surface area (Å²) in [5, 5.41) is 4.29. The van der Waals surface area contributed by atoms with E-state index < -0.39 is 10.0 Å². The fourth-order valence-corrected chi connectivity index (χ4v) is 5.46. The number of hydrogen-bond acceptors (Lipinski definition) is 6. The molecule has 0 saturated carbocycles. The van der Waals surface area contributed by atoms with Crippen LogP contribution >= 0.6 is 0 Å². The summed E-state index contributed by atoms with van der Waals surface area (Å²) < 4.78 is 40.3. The van der Waals surface area contributed by atoms with E-state index in [4.69, 9.17) is 9.15 Å². The molecule has 0 aliphatic carbocycles. The van der Waals surface area contributed by atoms with Gasteiger partial charge in [0.25, 0.3) is 10.0 Å². The highest BCUT2D eigenvalue weighted by molar-refractivity contribution is 7.92. The largest absolute Gasteiger partial charge is 0.495 e. The van der Waals surface area contributed by atoms with Crippen LogP contribution < -0.4 is 14.8 Å². The molecule has 2 unspecified atom stereocenters. The Morgan fingerprint density at radius 2 is 1.90 bits per heavy atom. The molecule has 2 N–H and O–H groups in total. The number of nitrogens with zero attached hydrogens (tertiary/aromatic N) is 1. The number of methoxy groups -OCH3 is 1.